The molecule has 0 aromatic heterocycles. The zero-order valence-electron chi connectivity index (χ0n) is 17.0. The maximum atomic E-state index is 12.5. The summed E-state index contributed by atoms with van der Waals surface area (Å²) in [5, 5.41) is 4.02. The van der Waals surface area contributed by atoms with Crippen molar-refractivity contribution in [2.24, 2.45) is 10.9 Å². The fourth-order valence-electron chi connectivity index (χ4n) is 3.94. The van der Waals surface area contributed by atoms with Crippen molar-refractivity contribution in [3.05, 3.63) is 35.9 Å². The van der Waals surface area contributed by atoms with Crippen LogP contribution >= 0.6 is 12.2 Å². The van der Waals surface area contributed by atoms with Gasteiger partial charge < -0.3 is 10.2 Å². The molecule has 7 heteroatoms. The quantitative estimate of drug-likeness (QED) is 0.436. The smallest absolute Gasteiger partial charge is 0.169 e. The highest BCUT2D eigenvalue weighted by molar-refractivity contribution is 7.80. The summed E-state index contributed by atoms with van der Waals surface area (Å²) in [6.07, 6.45) is 2.42. The molecule has 1 aliphatic carbocycles. The van der Waals surface area contributed by atoms with Gasteiger partial charge in [-0.3, -0.25) is 19.5 Å². The first-order valence-corrected chi connectivity index (χ1v) is 10.8. The highest BCUT2D eigenvalue weighted by atomic mass is 32.1. The lowest BCUT2D eigenvalue weighted by Crippen LogP contribution is -2.52. The van der Waals surface area contributed by atoms with E-state index in [1.54, 1.807) is 6.21 Å². The van der Waals surface area contributed by atoms with Crippen molar-refractivity contribution >= 4 is 35.1 Å². The van der Waals surface area contributed by atoms with Crippen LogP contribution in [-0.2, 0) is 9.59 Å². The molecule has 0 unspecified atom stereocenters. The molecule has 0 spiro atoms. The molecule has 1 aliphatic heterocycles. The van der Waals surface area contributed by atoms with E-state index in [0.717, 1.165) is 49.9 Å². The molecule has 1 heterocycles. The largest absolute Gasteiger partial charge is 0.363 e. The average molecular weight is 415 g/mol. The van der Waals surface area contributed by atoms with Crippen molar-refractivity contribution in [2.45, 2.75) is 25.7 Å². The number of thiocarbonyl (C=S) groups is 1. The number of carbonyl (C=O) groups excluding carboxylic acids is 2. The maximum Gasteiger partial charge on any atom is 0.169 e. The summed E-state index contributed by atoms with van der Waals surface area (Å²) in [7, 11) is 0. The SMILES string of the molecule is CCNC(=S)N1CCN(CCN=CC2C(=O)CC(c3ccccc3)CC2=O)CC1. The molecule has 1 aromatic carbocycles. The van der Waals surface area contributed by atoms with Gasteiger partial charge in [-0.25, -0.2) is 0 Å². The van der Waals surface area contributed by atoms with E-state index in [4.69, 9.17) is 12.2 Å². The van der Waals surface area contributed by atoms with Crippen LogP contribution < -0.4 is 5.32 Å². The van der Waals surface area contributed by atoms with Crippen molar-refractivity contribution in [3.8, 4) is 0 Å². The van der Waals surface area contributed by atoms with Gasteiger partial charge in [0, 0.05) is 58.3 Å². The van der Waals surface area contributed by atoms with E-state index in [1.807, 2.05) is 37.3 Å². The van der Waals surface area contributed by atoms with E-state index in [9.17, 15) is 9.59 Å². The van der Waals surface area contributed by atoms with Crippen LogP contribution in [0.4, 0.5) is 0 Å². The van der Waals surface area contributed by atoms with Gasteiger partial charge in [0.2, 0.25) is 0 Å². The van der Waals surface area contributed by atoms with E-state index in [2.05, 4.69) is 20.1 Å². The molecule has 0 amide bonds. The number of nitrogens with zero attached hydrogens (tertiary/aromatic N) is 3. The number of ketones is 2. The molecule has 2 fully saturated rings. The van der Waals surface area contributed by atoms with Gasteiger partial charge in [-0.2, -0.15) is 0 Å². The lowest BCUT2D eigenvalue weighted by molar-refractivity contribution is -0.133. The Hall–Kier alpha value is -2.12. The molecule has 29 heavy (non-hydrogen) atoms. The summed E-state index contributed by atoms with van der Waals surface area (Å²) < 4.78 is 0. The highest BCUT2D eigenvalue weighted by Crippen LogP contribution is 2.31. The topological polar surface area (TPSA) is 65.0 Å². The minimum Gasteiger partial charge on any atom is -0.363 e. The number of aliphatic imine (C=N–C) groups is 1. The first-order valence-electron chi connectivity index (χ1n) is 10.4. The van der Waals surface area contributed by atoms with E-state index in [-0.39, 0.29) is 17.5 Å². The summed E-state index contributed by atoms with van der Waals surface area (Å²) in [5.41, 5.74) is 1.07. The van der Waals surface area contributed by atoms with Gasteiger partial charge in [0.05, 0.1) is 6.54 Å². The molecule has 0 radical (unpaired) electrons. The molecule has 1 saturated heterocycles. The Morgan fingerprint density at radius 3 is 2.41 bits per heavy atom. The van der Waals surface area contributed by atoms with Gasteiger partial charge in [-0.05, 0) is 30.6 Å². The van der Waals surface area contributed by atoms with Crippen LogP contribution in [0.5, 0.6) is 0 Å². The van der Waals surface area contributed by atoms with Crippen LogP contribution in [0.25, 0.3) is 0 Å². The summed E-state index contributed by atoms with van der Waals surface area (Å²) in [4.78, 5) is 33.9. The second-order valence-corrected chi connectivity index (χ2v) is 8.03. The molecule has 6 nitrogen and oxygen atoms in total. The molecular formula is C22H30N4O2S. The van der Waals surface area contributed by atoms with E-state index < -0.39 is 5.92 Å². The molecule has 0 bridgehead atoms. The molecule has 0 atom stereocenters. The number of rotatable bonds is 6. The second-order valence-electron chi connectivity index (χ2n) is 7.65. The number of benzene rings is 1. The Balaban J connectivity index is 1.41. The van der Waals surface area contributed by atoms with Gasteiger partial charge in [-0.15, -0.1) is 0 Å². The first-order chi connectivity index (χ1) is 14.1. The summed E-state index contributed by atoms with van der Waals surface area (Å²) in [5.74, 6) is -0.677. The predicted octanol–water partition coefficient (Wildman–Crippen LogP) is 1.90. The van der Waals surface area contributed by atoms with Crippen LogP contribution in [-0.4, -0.2) is 78.5 Å². The first kappa shape index (κ1) is 21.6. The van der Waals surface area contributed by atoms with Crippen LogP contribution in [0.3, 0.4) is 0 Å². The minimum absolute atomic E-state index is 0.00502. The average Bonchev–Trinajstić information content (AvgIpc) is 2.74. The number of carbonyl (C=O) groups is 2. The number of piperazine rings is 1. The molecular weight excluding hydrogens is 384 g/mol. The third-order valence-corrected chi connectivity index (χ3v) is 6.05. The summed E-state index contributed by atoms with van der Waals surface area (Å²) >= 11 is 5.36. The van der Waals surface area contributed by atoms with Crippen LogP contribution in [0.15, 0.2) is 35.3 Å². The molecule has 1 N–H and O–H groups in total. The predicted molar refractivity (Wildman–Crippen MR) is 120 cm³/mol. The minimum atomic E-state index is -0.663. The van der Waals surface area contributed by atoms with Crippen molar-refractivity contribution < 1.29 is 9.59 Å². The third kappa shape index (κ3) is 5.93. The van der Waals surface area contributed by atoms with E-state index in [1.165, 1.54) is 0 Å². The summed E-state index contributed by atoms with van der Waals surface area (Å²) in [6, 6.07) is 9.83. The Morgan fingerprint density at radius 1 is 1.14 bits per heavy atom. The molecule has 1 aromatic rings. The van der Waals surface area contributed by atoms with Crippen molar-refractivity contribution in [1.82, 2.24) is 15.1 Å². The van der Waals surface area contributed by atoms with Crippen molar-refractivity contribution in [3.63, 3.8) is 0 Å². The van der Waals surface area contributed by atoms with Crippen LogP contribution in [0, 0.1) is 5.92 Å². The zero-order valence-corrected chi connectivity index (χ0v) is 17.9. The van der Waals surface area contributed by atoms with Gasteiger partial charge in [0.25, 0.3) is 0 Å². The van der Waals surface area contributed by atoms with Gasteiger partial charge in [-0.1, -0.05) is 30.3 Å². The number of hydrogen-bond donors (Lipinski definition) is 1. The van der Waals surface area contributed by atoms with Crippen molar-refractivity contribution in [2.75, 3.05) is 45.8 Å². The Kier molecular flexibility index (Phi) is 7.89. The maximum absolute atomic E-state index is 12.5. The number of Topliss-reactive ketones (excluding diaryl/α,β-unsaturated/α-hetero) is 2. The molecule has 2 aliphatic rings. The van der Waals surface area contributed by atoms with E-state index in [0.29, 0.717) is 19.4 Å². The zero-order chi connectivity index (χ0) is 20.6. The van der Waals surface area contributed by atoms with Crippen molar-refractivity contribution in [1.29, 1.82) is 0 Å². The van der Waals surface area contributed by atoms with Gasteiger partial charge >= 0.3 is 0 Å². The lowest BCUT2D eigenvalue weighted by atomic mass is 9.77. The van der Waals surface area contributed by atoms with Crippen LogP contribution in [0.2, 0.25) is 0 Å². The monoisotopic (exact) mass is 414 g/mol. The molecule has 1 saturated carbocycles. The normalized spacial score (nSPS) is 23.6. The van der Waals surface area contributed by atoms with Gasteiger partial charge in [0.15, 0.2) is 5.11 Å². The van der Waals surface area contributed by atoms with E-state index >= 15 is 0 Å². The standard InChI is InChI=1S/C22H30N4O2S/c1-2-24-22(29)26-12-10-25(11-13-26)9-8-23-16-19-20(27)14-18(15-21(19)28)17-6-4-3-5-7-17/h3-7,16,18-19H,2,8-15H2,1H3,(H,24,29). The van der Waals surface area contributed by atoms with Crippen LogP contribution in [0.1, 0.15) is 31.2 Å². The molecule has 156 valence electrons. The Bertz CT molecular complexity index is 726. The highest BCUT2D eigenvalue weighted by Gasteiger charge is 2.34. The fraction of sp³-hybridized carbons (Fsp3) is 0.545. The Labute approximate surface area is 178 Å². The number of nitrogens with one attached hydrogen (secondary N) is 1. The second kappa shape index (κ2) is 10.6. The Morgan fingerprint density at radius 2 is 1.79 bits per heavy atom. The number of hydrogen-bond acceptors (Lipinski definition) is 5. The summed E-state index contributed by atoms with van der Waals surface area (Å²) in [6.45, 7) is 8.05. The third-order valence-electron chi connectivity index (χ3n) is 5.65. The lowest BCUT2D eigenvalue weighted by Gasteiger charge is -2.35. The molecule has 3 rings (SSSR count). The fourth-order valence-corrected chi connectivity index (χ4v) is 4.26. The van der Waals surface area contributed by atoms with Gasteiger partial charge in [0.1, 0.15) is 17.5 Å².